The lowest BCUT2D eigenvalue weighted by atomic mass is 10.1. The molecule has 0 fully saturated rings. The third-order valence-electron chi connectivity index (χ3n) is 3.23. The molecule has 1 aromatic heterocycles. The zero-order valence-electron chi connectivity index (χ0n) is 12.8. The number of thiazole rings is 1. The second-order valence-corrected chi connectivity index (χ2v) is 6.21. The number of unbranched alkanes of at least 4 members (excludes halogenated alkanes) is 5. The number of nitrogens with zero attached hydrogens (tertiary/aromatic N) is 1. The molecule has 1 heterocycles. The van der Waals surface area contributed by atoms with Crippen LogP contribution in [0, 0.1) is 6.92 Å². The Labute approximate surface area is 129 Å². The van der Waals surface area contributed by atoms with Crippen molar-refractivity contribution in [2.45, 2.75) is 65.3 Å². The lowest BCUT2D eigenvalue weighted by Gasteiger charge is -2.03. The van der Waals surface area contributed by atoms with Crippen LogP contribution in [0.2, 0.25) is 0 Å². The molecule has 0 aliphatic carbocycles. The number of carboxylic acids is 1. The molecule has 0 saturated carbocycles. The molecule has 1 rings (SSSR count). The molecule has 0 bridgehead atoms. The minimum absolute atomic E-state index is 0.00946. The number of aromatic carboxylic acids is 1. The fraction of sp³-hybridized carbons (Fsp3) is 0.667. The number of carbonyl (C=O) groups excluding carboxylic acids is 1. The summed E-state index contributed by atoms with van der Waals surface area (Å²) >= 11 is 1.12. The lowest BCUT2D eigenvalue weighted by Crippen LogP contribution is -2.22. The number of aromatic nitrogens is 1. The molecule has 0 spiro atoms. The second-order valence-electron chi connectivity index (χ2n) is 5.12. The van der Waals surface area contributed by atoms with Gasteiger partial charge in [0.25, 0.3) is 0 Å². The minimum Gasteiger partial charge on any atom is -0.477 e. The maximum atomic E-state index is 11.7. The first-order valence-corrected chi connectivity index (χ1v) is 8.32. The van der Waals surface area contributed by atoms with Gasteiger partial charge in [0.05, 0.1) is 12.2 Å². The molecule has 6 heteroatoms. The molecule has 0 aromatic carbocycles. The van der Waals surface area contributed by atoms with Crippen molar-refractivity contribution < 1.29 is 14.7 Å². The monoisotopic (exact) mass is 312 g/mol. The standard InChI is InChI=1S/C15H24N2O3S/c1-3-4-5-6-7-8-9-12(18)16-10-13-17-11(2)14(21-13)15(19)20/h3-10H2,1-2H3,(H,16,18)(H,19,20). The Hall–Kier alpha value is -1.43. The van der Waals surface area contributed by atoms with Crippen LogP contribution in [-0.4, -0.2) is 22.0 Å². The van der Waals surface area contributed by atoms with Crippen molar-refractivity contribution in [3.63, 3.8) is 0 Å². The van der Waals surface area contributed by atoms with Crippen molar-refractivity contribution in [2.75, 3.05) is 0 Å². The van der Waals surface area contributed by atoms with E-state index in [0.29, 0.717) is 23.7 Å². The summed E-state index contributed by atoms with van der Waals surface area (Å²) < 4.78 is 0. The third-order valence-corrected chi connectivity index (χ3v) is 4.37. The van der Waals surface area contributed by atoms with Gasteiger partial charge in [-0.05, 0) is 13.3 Å². The maximum absolute atomic E-state index is 11.7. The van der Waals surface area contributed by atoms with Gasteiger partial charge in [0.15, 0.2) is 0 Å². The highest BCUT2D eigenvalue weighted by molar-refractivity contribution is 7.13. The van der Waals surface area contributed by atoms with Gasteiger partial charge in [0.2, 0.25) is 5.91 Å². The van der Waals surface area contributed by atoms with E-state index in [0.717, 1.165) is 24.2 Å². The fourth-order valence-electron chi connectivity index (χ4n) is 2.05. The second kappa shape index (κ2) is 9.50. The highest BCUT2D eigenvalue weighted by Gasteiger charge is 2.14. The SMILES string of the molecule is CCCCCCCCC(=O)NCc1nc(C)c(C(=O)O)s1. The highest BCUT2D eigenvalue weighted by Crippen LogP contribution is 2.17. The molecule has 1 aromatic rings. The first-order chi connectivity index (χ1) is 10.0. The summed E-state index contributed by atoms with van der Waals surface area (Å²) in [4.78, 5) is 27.0. The quantitative estimate of drug-likeness (QED) is 0.648. The summed E-state index contributed by atoms with van der Waals surface area (Å²) in [6.07, 6.45) is 7.46. The molecule has 0 saturated heterocycles. The largest absolute Gasteiger partial charge is 0.477 e. The molecule has 0 aliphatic heterocycles. The smallest absolute Gasteiger partial charge is 0.347 e. The van der Waals surface area contributed by atoms with E-state index in [1.807, 2.05) is 0 Å². The minimum atomic E-state index is -0.963. The number of carboxylic acid groups (broad SMARTS) is 1. The molecule has 0 radical (unpaired) electrons. The zero-order valence-corrected chi connectivity index (χ0v) is 13.6. The number of aryl methyl sites for hydroxylation is 1. The summed E-state index contributed by atoms with van der Waals surface area (Å²) in [6, 6.07) is 0. The summed E-state index contributed by atoms with van der Waals surface area (Å²) in [6.45, 7) is 4.17. The zero-order chi connectivity index (χ0) is 15.7. The van der Waals surface area contributed by atoms with Gasteiger partial charge < -0.3 is 10.4 Å². The van der Waals surface area contributed by atoms with Crippen molar-refractivity contribution in [2.24, 2.45) is 0 Å². The van der Waals surface area contributed by atoms with Gasteiger partial charge in [-0.2, -0.15) is 0 Å². The Morgan fingerprint density at radius 2 is 1.86 bits per heavy atom. The molecule has 21 heavy (non-hydrogen) atoms. The molecule has 0 aliphatic rings. The summed E-state index contributed by atoms with van der Waals surface area (Å²) in [7, 11) is 0. The molecule has 2 N–H and O–H groups in total. The van der Waals surface area contributed by atoms with Crippen molar-refractivity contribution in [3.8, 4) is 0 Å². The molecule has 118 valence electrons. The van der Waals surface area contributed by atoms with Crippen LogP contribution in [0.3, 0.4) is 0 Å². The first-order valence-electron chi connectivity index (χ1n) is 7.51. The van der Waals surface area contributed by atoms with E-state index in [1.165, 1.54) is 25.7 Å². The lowest BCUT2D eigenvalue weighted by molar-refractivity contribution is -0.121. The van der Waals surface area contributed by atoms with Crippen molar-refractivity contribution in [1.29, 1.82) is 0 Å². The predicted molar refractivity (Wildman–Crippen MR) is 83.7 cm³/mol. The number of hydrogen-bond acceptors (Lipinski definition) is 4. The summed E-state index contributed by atoms with van der Waals surface area (Å²) in [5.41, 5.74) is 0.507. The van der Waals surface area contributed by atoms with E-state index in [4.69, 9.17) is 5.11 Å². The topological polar surface area (TPSA) is 79.3 Å². The fourth-order valence-corrected chi connectivity index (χ4v) is 2.90. The van der Waals surface area contributed by atoms with Crippen LogP contribution in [0.5, 0.6) is 0 Å². The van der Waals surface area contributed by atoms with Crippen LogP contribution in [0.25, 0.3) is 0 Å². The van der Waals surface area contributed by atoms with Crippen LogP contribution in [0.4, 0.5) is 0 Å². The Kier molecular flexibility index (Phi) is 7.97. The van der Waals surface area contributed by atoms with Crippen LogP contribution >= 0.6 is 11.3 Å². The van der Waals surface area contributed by atoms with Gasteiger partial charge in [0.1, 0.15) is 9.88 Å². The Morgan fingerprint density at radius 3 is 2.48 bits per heavy atom. The van der Waals surface area contributed by atoms with Gasteiger partial charge in [-0.3, -0.25) is 4.79 Å². The van der Waals surface area contributed by atoms with Crippen molar-refractivity contribution in [3.05, 3.63) is 15.6 Å². The van der Waals surface area contributed by atoms with Gasteiger partial charge >= 0.3 is 5.97 Å². The summed E-state index contributed by atoms with van der Waals surface area (Å²) in [5.74, 6) is -0.954. The van der Waals surface area contributed by atoms with E-state index in [9.17, 15) is 9.59 Å². The number of nitrogens with one attached hydrogen (secondary N) is 1. The number of carbonyl (C=O) groups is 2. The molecular formula is C15H24N2O3S. The van der Waals surface area contributed by atoms with Crippen LogP contribution in [0.1, 0.15) is 72.2 Å². The maximum Gasteiger partial charge on any atom is 0.347 e. The van der Waals surface area contributed by atoms with Crippen LogP contribution in [0.15, 0.2) is 0 Å². The molecule has 5 nitrogen and oxygen atoms in total. The normalized spacial score (nSPS) is 10.6. The number of amides is 1. The average molecular weight is 312 g/mol. The molecular weight excluding hydrogens is 288 g/mol. The van der Waals surface area contributed by atoms with Crippen molar-refractivity contribution >= 4 is 23.2 Å². The third kappa shape index (κ3) is 6.71. The van der Waals surface area contributed by atoms with Crippen molar-refractivity contribution in [1.82, 2.24) is 10.3 Å². The molecule has 1 amide bonds. The molecule has 0 unspecified atom stereocenters. The van der Waals surface area contributed by atoms with Gasteiger partial charge in [-0.25, -0.2) is 9.78 Å². The predicted octanol–water partition coefficient (Wildman–Crippen LogP) is 3.52. The van der Waals surface area contributed by atoms with Gasteiger partial charge in [-0.1, -0.05) is 39.0 Å². The Balaban J connectivity index is 2.21. The summed E-state index contributed by atoms with van der Waals surface area (Å²) in [5, 5.41) is 12.4. The van der Waals surface area contributed by atoms with Gasteiger partial charge in [-0.15, -0.1) is 11.3 Å². The van der Waals surface area contributed by atoms with Crippen LogP contribution in [-0.2, 0) is 11.3 Å². The van der Waals surface area contributed by atoms with Gasteiger partial charge in [0, 0.05) is 6.42 Å². The Bertz CT molecular complexity index is 471. The number of hydrogen-bond donors (Lipinski definition) is 2. The number of rotatable bonds is 10. The first kappa shape index (κ1) is 17.6. The Morgan fingerprint density at radius 1 is 1.19 bits per heavy atom. The van der Waals surface area contributed by atoms with E-state index in [1.54, 1.807) is 6.92 Å². The molecule has 0 atom stereocenters. The van der Waals surface area contributed by atoms with E-state index < -0.39 is 5.97 Å². The van der Waals surface area contributed by atoms with Crippen LogP contribution < -0.4 is 5.32 Å². The average Bonchev–Trinajstić information content (AvgIpc) is 2.82. The van der Waals surface area contributed by atoms with E-state index in [2.05, 4.69) is 17.2 Å². The van der Waals surface area contributed by atoms with E-state index in [-0.39, 0.29) is 10.8 Å². The highest BCUT2D eigenvalue weighted by atomic mass is 32.1. The van der Waals surface area contributed by atoms with E-state index >= 15 is 0 Å².